The highest BCUT2D eigenvalue weighted by Gasteiger charge is 2.56. The Kier molecular flexibility index (Phi) is 4.81. The van der Waals surface area contributed by atoms with Crippen LogP contribution < -0.4 is 10.1 Å². The molecule has 0 aromatic heterocycles. The zero-order valence-corrected chi connectivity index (χ0v) is 13.6. The van der Waals surface area contributed by atoms with Gasteiger partial charge in [0.25, 0.3) is 0 Å². The quantitative estimate of drug-likeness (QED) is 0.834. The molecule has 0 heterocycles. The molecule has 4 nitrogen and oxygen atoms in total. The normalized spacial score (nSPS) is 27.1. The Hall–Kier alpha value is -0.970. The fraction of sp³-hybridized carbons (Fsp3) is 0.562. The van der Waals surface area contributed by atoms with E-state index in [9.17, 15) is 9.90 Å². The number of benzene rings is 1. The number of ether oxygens (including phenoxy) is 1. The molecule has 3 unspecified atom stereocenters. The van der Waals surface area contributed by atoms with Gasteiger partial charge in [-0.15, -0.1) is 0 Å². The average molecular weight is 344 g/mol. The van der Waals surface area contributed by atoms with E-state index in [1.807, 2.05) is 0 Å². The first-order valence-corrected chi connectivity index (χ1v) is 8.36. The predicted molar refractivity (Wildman–Crippen MR) is 85.3 cm³/mol. The first-order chi connectivity index (χ1) is 10.6. The van der Waals surface area contributed by atoms with E-state index in [0.29, 0.717) is 27.6 Å². The van der Waals surface area contributed by atoms with Crippen molar-refractivity contribution in [3.05, 3.63) is 28.2 Å². The van der Waals surface area contributed by atoms with Crippen molar-refractivity contribution < 1.29 is 14.6 Å². The summed E-state index contributed by atoms with van der Waals surface area (Å²) in [4.78, 5) is 12.0. The molecule has 2 saturated carbocycles. The minimum Gasteiger partial charge on any atom is -0.489 e. The van der Waals surface area contributed by atoms with Gasteiger partial charge in [-0.1, -0.05) is 35.7 Å². The van der Waals surface area contributed by atoms with Gasteiger partial charge in [-0.2, -0.15) is 0 Å². The van der Waals surface area contributed by atoms with Crippen LogP contribution >= 0.6 is 23.2 Å². The second-order valence-electron chi connectivity index (χ2n) is 6.05. The van der Waals surface area contributed by atoms with E-state index in [1.54, 1.807) is 18.2 Å². The van der Waals surface area contributed by atoms with Crippen LogP contribution in [0, 0.1) is 17.8 Å². The van der Waals surface area contributed by atoms with Crippen LogP contribution in [0.25, 0.3) is 0 Å². The number of halogens is 2. The number of hydrogen-bond donors (Lipinski definition) is 2. The molecule has 2 aliphatic rings. The van der Waals surface area contributed by atoms with Crippen LogP contribution in [0.3, 0.4) is 0 Å². The zero-order valence-electron chi connectivity index (χ0n) is 12.1. The van der Waals surface area contributed by atoms with E-state index < -0.39 is 6.10 Å². The van der Waals surface area contributed by atoms with E-state index >= 15 is 0 Å². The molecule has 1 amide bonds. The molecule has 2 aliphatic carbocycles. The summed E-state index contributed by atoms with van der Waals surface area (Å²) >= 11 is 11.9. The van der Waals surface area contributed by atoms with E-state index in [2.05, 4.69) is 5.32 Å². The summed E-state index contributed by atoms with van der Waals surface area (Å²) in [7, 11) is 0. The van der Waals surface area contributed by atoms with Crippen LogP contribution in [0.15, 0.2) is 18.2 Å². The maximum atomic E-state index is 12.0. The topological polar surface area (TPSA) is 58.6 Å². The van der Waals surface area contributed by atoms with Crippen molar-refractivity contribution in [1.29, 1.82) is 0 Å². The van der Waals surface area contributed by atoms with Gasteiger partial charge in [-0.05, 0) is 36.8 Å². The lowest BCUT2D eigenvalue weighted by Crippen LogP contribution is -2.36. The van der Waals surface area contributed by atoms with Crippen LogP contribution in [-0.4, -0.2) is 30.3 Å². The van der Waals surface area contributed by atoms with Crippen LogP contribution in [-0.2, 0) is 4.79 Å². The van der Waals surface area contributed by atoms with Crippen molar-refractivity contribution in [1.82, 2.24) is 5.32 Å². The highest BCUT2D eigenvalue weighted by Crippen LogP contribution is 2.57. The van der Waals surface area contributed by atoms with Crippen molar-refractivity contribution in [2.24, 2.45) is 17.8 Å². The summed E-state index contributed by atoms with van der Waals surface area (Å²) in [5, 5.41) is 13.4. The summed E-state index contributed by atoms with van der Waals surface area (Å²) in [6.45, 7) is 0.241. The maximum absolute atomic E-state index is 12.0. The molecule has 2 N–H and O–H groups in total. The first kappa shape index (κ1) is 15.9. The molecular formula is C16H19Cl2NO3. The predicted octanol–water partition coefficient (Wildman–Crippen LogP) is 2.90. The number of aliphatic hydroxyl groups is 1. The van der Waals surface area contributed by atoms with E-state index in [1.165, 1.54) is 19.3 Å². The number of carbonyl (C=O) groups is 1. The lowest BCUT2D eigenvalue weighted by Gasteiger charge is -2.14. The van der Waals surface area contributed by atoms with Crippen LogP contribution in [0.5, 0.6) is 5.75 Å². The molecule has 120 valence electrons. The van der Waals surface area contributed by atoms with Gasteiger partial charge >= 0.3 is 0 Å². The van der Waals surface area contributed by atoms with E-state index in [4.69, 9.17) is 27.9 Å². The van der Waals surface area contributed by atoms with E-state index in [-0.39, 0.29) is 25.0 Å². The minimum absolute atomic E-state index is 0.0534. The van der Waals surface area contributed by atoms with Crippen molar-refractivity contribution in [2.45, 2.75) is 25.4 Å². The Balaban J connectivity index is 1.40. The zero-order chi connectivity index (χ0) is 15.7. The number of fused-ring (bicyclic) bond motifs is 1. The molecule has 0 spiro atoms. The van der Waals surface area contributed by atoms with Crippen LogP contribution in [0.1, 0.15) is 19.3 Å². The number of carbonyl (C=O) groups excluding carboxylic acids is 1. The number of rotatable bonds is 6. The Morgan fingerprint density at radius 2 is 2.09 bits per heavy atom. The van der Waals surface area contributed by atoms with Crippen LogP contribution in [0.2, 0.25) is 10.0 Å². The second kappa shape index (κ2) is 6.65. The van der Waals surface area contributed by atoms with Crippen molar-refractivity contribution in [3.63, 3.8) is 0 Å². The molecule has 0 aliphatic heterocycles. The van der Waals surface area contributed by atoms with Crippen molar-refractivity contribution >= 4 is 29.1 Å². The number of hydrogen-bond acceptors (Lipinski definition) is 3. The highest BCUT2D eigenvalue weighted by molar-refractivity contribution is 6.42. The molecule has 2 fully saturated rings. The fourth-order valence-electron chi connectivity index (χ4n) is 3.39. The summed E-state index contributed by atoms with van der Waals surface area (Å²) in [5.41, 5.74) is 0. The molecule has 0 saturated heterocycles. The Morgan fingerprint density at radius 1 is 1.36 bits per heavy atom. The Bertz CT molecular complexity index is 556. The third kappa shape index (κ3) is 3.34. The standard InChI is InChI=1S/C16H19Cl2NO3/c17-12-5-2-6-13(15(12)18)22-8-9(20)7-19-16(21)14-10-3-1-4-11(10)14/h2,5-6,9-11,14,20H,1,3-4,7-8H2,(H,19,21). The van der Waals surface area contributed by atoms with Gasteiger partial charge < -0.3 is 15.2 Å². The monoisotopic (exact) mass is 343 g/mol. The molecule has 1 aromatic carbocycles. The fourth-order valence-corrected chi connectivity index (χ4v) is 3.73. The summed E-state index contributed by atoms with van der Waals surface area (Å²) < 4.78 is 5.44. The number of nitrogens with one attached hydrogen (secondary N) is 1. The largest absolute Gasteiger partial charge is 0.489 e. The number of aliphatic hydroxyl groups excluding tert-OH is 1. The van der Waals surface area contributed by atoms with Crippen molar-refractivity contribution in [2.75, 3.05) is 13.2 Å². The van der Waals surface area contributed by atoms with Gasteiger partial charge in [0.2, 0.25) is 5.91 Å². The smallest absolute Gasteiger partial charge is 0.223 e. The van der Waals surface area contributed by atoms with Gasteiger partial charge in [0.15, 0.2) is 0 Å². The summed E-state index contributed by atoms with van der Waals surface area (Å²) in [6, 6.07) is 5.08. The SMILES string of the molecule is O=C(NCC(O)COc1cccc(Cl)c1Cl)C1C2CCCC21. The van der Waals surface area contributed by atoms with Gasteiger partial charge in [0, 0.05) is 12.5 Å². The van der Waals surface area contributed by atoms with Gasteiger partial charge in [0.1, 0.15) is 23.5 Å². The van der Waals surface area contributed by atoms with Gasteiger partial charge in [-0.3, -0.25) is 4.79 Å². The van der Waals surface area contributed by atoms with E-state index in [0.717, 1.165) is 0 Å². The summed E-state index contributed by atoms with van der Waals surface area (Å²) in [5.74, 6) is 1.83. The molecule has 1 aromatic rings. The van der Waals surface area contributed by atoms with Gasteiger partial charge in [0.05, 0.1) is 5.02 Å². The molecule has 0 radical (unpaired) electrons. The molecule has 6 heteroatoms. The van der Waals surface area contributed by atoms with Gasteiger partial charge in [-0.25, -0.2) is 0 Å². The molecule has 22 heavy (non-hydrogen) atoms. The van der Waals surface area contributed by atoms with Crippen LogP contribution in [0.4, 0.5) is 0 Å². The number of amides is 1. The molecular weight excluding hydrogens is 325 g/mol. The Morgan fingerprint density at radius 3 is 2.82 bits per heavy atom. The third-order valence-electron chi connectivity index (χ3n) is 4.57. The second-order valence-corrected chi connectivity index (χ2v) is 6.83. The lowest BCUT2D eigenvalue weighted by molar-refractivity contribution is -0.123. The summed E-state index contributed by atoms with van der Waals surface area (Å²) in [6.07, 6.45) is 2.80. The first-order valence-electron chi connectivity index (χ1n) is 7.60. The molecule has 3 rings (SSSR count). The highest BCUT2D eigenvalue weighted by atomic mass is 35.5. The lowest BCUT2D eigenvalue weighted by atomic mass is 10.1. The molecule has 3 atom stereocenters. The Labute approximate surface area is 139 Å². The molecule has 0 bridgehead atoms. The third-order valence-corrected chi connectivity index (χ3v) is 5.37. The van der Waals surface area contributed by atoms with Crippen molar-refractivity contribution in [3.8, 4) is 5.75 Å². The average Bonchev–Trinajstić information content (AvgIpc) is 2.99. The maximum Gasteiger partial charge on any atom is 0.223 e. The minimum atomic E-state index is -0.780.